The average molecular weight is 406 g/mol. The number of carboxylic acid groups (broad SMARTS) is 2. The van der Waals surface area contributed by atoms with Crippen molar-refractivity contribution in [3.05, 3.63) is 0 Å². The first-order valence-corrected chi connectivity index (χ1v) is 0.612. The van der Waals surface area contributed by atoms with Crippen LogP contribution in [0.3, 0.4) is 0 Å². The Morgan fingerprint density at radius 1 is 1.33 bits per heavy atom. The van der Waals surface area contributed by atoms with Crippen LogP contribution in [0.15, 0.2) is 0 Å². The normalized spacial score (nSPS) is 4.00. The van der Waals surface area contributed by atoms with Crippen LogP contribution in [0.1, 0.15) is 0 Å². The predicted molar refractivity (Wildman–Crippen MR) is 16.9 cm³/mol. The summed E-state index contributed by atoms with van der Waals surface area (Å²) in [5.41, 5.74) is 0. The van der Waals surface area contributed by atoms with Gasteiger partial charge < -0.3 is 15.0 Å². The Balaban J connectivity index is -0.0000000450. The van der Waals surface area contributed by atoms with Crippen molar-refractivity contribution in [2.45, 2.75) is 0 Å². The summed E-state index contributed by atoms with van der Waals surface area (Å²) in [5.74, 6) is 0. The van der Waals surface area contributed by atoms with Gasteiger partial charge in [0, 0.05) is 0 Å². The number of rotatable bonds is 0. The van der Waals surface area contributed by atoms with Crippen molar-refractivity contribution in [1.82, 2.24) is 0 Å². The SMILES string of the molecule is O=C([O-])[O-].[Ba+2].[Bi+3]. The van der Waals surface area contributed by atoms with Crippen LogP contribution in [0, 0.1) is 0 Å². The molecule has 0 aromatic rings. The van der Waals surface area contributed by atoms with Crippen LogP contribution in [-0.4, -0.2) is 81.2 Å². The van der Waals surface area contributed by atoms with E-state index in [1.807, 2.05) is 0 Å². The van der Waals surface area contributed by atoms with E-state index in [9.17, 15) is 0 Å². The molecule has 0 aliphatic heterocycles. The molecule has 0 unspecified atom stereocenters. The van der Waals surface area contributed by atoms with E-state index in [0.29, 0.717) is 0 Å². The molecule has 0 amide bonds. The molecule has 0 saturated heterocycles. The van der Waals surface area contributed by atoms with E-state index in [2.05, 4.69) is 0 Å². The Morgan fingerprint density at radius 2 is 1.33 bits per heavy atom. The van der Waals surface area contributed by atoms with Gasteiger partial charge in [0.1, 0.15) is 0 Å². The molecule has 0 aromatic heterocycles. The van der Waals surface area contributed by atoms with E-state index in [-0.39, 0.29) is 75.1 Å². The van der Waals surface area contributed by atoms with E-state index < -0.39 is 6.16 Å². The largest absolute Gasteiger partial charge is 3.00 e. The first-order chi connectivity index (χ1) is 1.73. The van der Waals surface area contributed by atoms with Crippen LogP contribution in [0.4, 0.5) is 4.79 Å². The van der Waals surface area contributed by atoms with Crippen LogP contribution in [0.5, 0.6) is 0 Å². The Labute approximate surface area is 94.3 Å². The van der Waals surface area contributed by atoms with Crippen LogP contribution >= 0.6 is 0 Å². The third kappa shape index (κ3) is 43.0. The standard InChI is InChI=1S/CH2O3.Ba.Bi/c2-1(3)4;;/h(H2,2,3,4);;/q;+2;+3/p-2. The van der Waals surface area contributed by atoms with Crippen molar-refractivity contribution in [2.24, 2.45) is 0 Å². The zero-order valence-corrected chi connectivity index (χ0v) is 10.8. The zero-order valence-electron chi connectivity index (χ0n) is 2.88. The predicted octanol–water partition coefficient (Wildman–Crippen LogP) is -3.21. The zero-order chi connectivity index (χ0) is 3.58. The Hall–Kier alpha value is 1.72. The van der Waals surface area contributed by atoms with Gasteiger partial charge in [-0.2, -0.15) is 0 Å². The third-order valence-corrected chi connectivity index (χ3v) is 0. The summed E-state index contributed by atoms with van der Waals surface area (Å²) in [6.07, 6.45) is -2.33. The summed E-state index contributed by atoms with van der Waals surface area (Å²) >= 11 is 0. The Kier molecular flexibility index (Phi) is 25.7. The monoisotopic (exact) mass is 407 g/mol. The second-order valence-electron chi connectivity index (χ2n) is 0.250. The van der Waals surface area contributed by atoms with E-state index in [1.54, 1.807) is 0 Å². The molecule has 0 spiro atoms. The van der Waals surface area contributed by atoms with Crippen LogP contribution in [-0.2, 0) is 0 Å². The molecule has 0 aliphatic carbocycles. The molecule has 0 rings (SSSR count). The van der Waals surface area contributed by atoms with Crippen molar-refractivity contribution in [2.75, 3.05) is 0 Å². The van der Waals surface area contributed by atoms with Crippen molar-refractivity contribution in [3.63, 3.8) is 0 Å². The van der Waals surface area contributed by atoms with Gasteiger partial charge in [-0.3, -0.25) is 0 Å². The minimum atomic E-state index is -2.33. The van der Waals surface area contributed by atoms with Crippen LogP contribution < -0.4 is 10.2 Å². The van der Waals surface area contributed by atoms with Gasteiger partial charge in [0.2, 0.25) is 0 Å². The maximum atomic E-state index is 8.33. The van der Waals surface area contributed by atoms with Gasteiger partial charge in [-0.15, -0.1) is 0 Å². The van der Waals surface area contributed by atoms with Gasteiger partial charge >= 0.3 is 75.1 Å². The summed E-state index contributed by atoms with van der Waals surface area (Å²) in [7, 11) is 0. The molecular weight excluding hydrogens is 406 g/mol. The van der Waals surface area contributed by atoms with Gasteiger partial charge in [-0.25, -0.2) is 0 Å². The number of hydrogen-bond donors (Lipinski definition) is 0. The van der Waals surface area contributed by atoms with Crippen molar-refractivity contribution in [3.8, 4) is 0 Å². The van der Waals surface area contributed by atoms with E-state index in [1.165, 1.54) is 0 Å². The Bertz CT molecular complexity index is 33.8. The molecule has 0 saturated carbocycles. The molecule has 0 fully saturated rings. The van der Waals surface area contributed by atoms with Gasteiger partial charge in [0.15, 0.2) is 0 Å². The molecule has 2 radical (unpaired) electrons. The second-order valence-corrected chi connectivity index (χ2v) is 0.250. The summed E-state index contributed by atoms with van der Waals surface area (Å²) in [4.78, 5) is 8.33. The summed E-state index contributed by atoms with van der Waals surface area (Å²) < 4.78 is 0. The maximum Gasteiger partial charge on any atom is 3.00 e. The first kappa shape index (κ1) is 15.6. The van der Waals surface area contributed by atoms with Gasteiger partial charge in [0.05, 0.1) is 0 Å². The molecule has 0 heterocycles. The van der Waals surface area contributed by atoms with Crippen molar-refractivity contribution < 1.29 is 15.0 Å². The fourth-order valence-electron chi connectivity index (χ4n) is 0. The minimum Gasteiger partial charge on any atom is -0.652 e. The summed E-state index contributed by atoms with van der Waals surface area (Å²) in [6, 6.07) is 0. The second kappa shape index (κ2) is 9.87. The van der Waals surface area contributed by atoms with E-state index in [0.717, 1.165) is 0 Å². The summed E-state index contributed by atoms with van der Waals surface area (Å²) in [5, 5.41) is 16.7. The smallest absolute Gasteiger partial charge is 0.652 e. The number of hydrogen-bond acceptors (Lipinski definition) is 3. The summed E-state index contributed by atoms with van der Waals surface area (Å²) in [6.45, 7) is 0. The van der Waals surface area contributed by atoms with Crippen LogP contribution in [0.25, 0.3) is 0 Å². The molecule has 0 atom stereocenters. The molecule has 0 N–H and O–H groups in total. The molecule has 0 bridgehead atoms. The number of carbonyl (C=O) groups excluding carboxylic acids is 1. The van der Waals surface area contributed by atoms with Crippen LogP contribution in [0.2, 0.25) is 0 Å². The molecule has 5 heteroatoms. The van der Waals surface area contributed by atoms with Gasteiger partial charge in [-0.05, 0) is 6.16 Å². The van der Waals surface area contributed by atoms with E-state index in [4.69, 9.17) is 15.0 Å². The fourth-order valence-corrected chi connectivity index (χ4v) is 0. The molecule has 0 aromatic carbocycles. The number of carbonyl (C=O) groups is 1. The Morgan fingerprint density at radius 3 is 1.33 bits per heavy atom. The molecule has 3 nitrogen and oxygen atoms in total. The topological polar surface area (TPSA) is 63.2 Å². The molecule has 0 aliphatic rings. The molecule has 26 valence electrons. The quantitative estimate of drug-likeness (QED) is 0.398. The average Bonchev–Trinajstić information content (AvgIpc) is 0.811. The molecule has 6 heavy (non-hydrogen) atoms. The minimum absolute atomic E-state index is 0. The maximum absolute atomic E-state index is 8.33. The van der Waals surface area contributed by atoms with Gasteiger partial charge in [0.25, 0.3) is 0 Å². The van der Waals surface area contributed by atoms with Gasteiger partial charge in [-0.1, -0.05) is 0 Å². The first-order valence-electron chi connectivity index (χ1n) is 0.612. The van der Waals surface area contributed by atoms with Crippen molar-refractivity contribution >= 4 is 81.2 Å². The van der Waals surface area contributed by atoms with Crippen molar-refractivity contribution in [1.29, 1.82) is 0 Å². The van der Waals surface area contributed by atoms with E-state index >= 15 is 0 Å². The molecular formula is CBaBiO3+3. The third-order valence-electron chi connectivity index (χ3n) is 0. The fraction of sp³-hybridized carbons (Fsp3) is 0.